The number of aromatic nitrogens is 3. The standard InChI is InChI=1S/C21H27N5O2/c1-4-25-9-5-7-15(25)12-22-21(27)16-11-18(19-8-6-10-28-19)24-20-17(16)13-23-26(20)14(2)3/h6,8,10-11,13-15H,4-5,7,9,12H2,1-3H3,(H,22,27). The van der Waals surface area contributed by atoms with Crippen LogP contribution in [0.1, 0.15) is 50.0 Å². The second-order valence-electron chi connectivity index (χ2n) is 7.59. The molecule has 148 valence electrons. The smallest absolute Gasteiger partial charge is 0.252 e. The normalized spacial score (nSPS) is 17.6. The molecule has 1 amide bonds. The van der Waals surface area contributed by atoms with E-state index in [-0.39, 0.29) is 11.9 Å². The predicted molar refractivity (Wildman–Crippen MR) is 108 cm³/mol. The number of hydrogen-bond donors (Lipinski definition) is 1. The second kappa shape index (κ2) is 7.75. The first-order valence-corrected chi connectivity index (χ1v) is 10.0. The molecule has 4 heterocycles. The Bertz CT molecular complexity index is 961. The summed E-state index contributed by atoms with van der Waals surface area (Å²) in [6.45, 7) is 9.05. The fraction of sp³-hybridized carbons (Fsp3) is 0.476. The number of amides is 1. The van der Waals surface area contributed by atoms with Crippen molar-refractivity contribution in [1.82, 2.24) is 25.0 Å². The number of rotatable bonds is 6. The van der Waals surface area contributed by atoms with Gasteiger partial charge in [0.25, 0.3) is 5.91 Å². The summed E-state index contributed by atoms with van der Waals surface area (Å²) in [5, 5.41) is 8.35. The van der Waals surface area contributed by atoms with E-state index in [2.05, 4.69) is 22.2 Å². The molecule has 1 N–H and O–H groups in total. The van der Waals surface area contributed by atoms with E-state index in [0.717, 1.165) is 24.9 Å². The lowest BCUT2D eigenvalue weighted by Crippen LogP contribution is -2.40. The third-order valence-corrected chi connectivity index (χ3v) is 5.48. The quantitative estimate of drug-likeness (QED) is 0.707. The Morgan fingerprint density at radius 1 is 1.43 bits per heavy atom. The number of nitrogens with zero attached hydrogens (tertiary/aromatic N) is 4. The minimum absolute atomic E-state index is 0.0912. The zero-order valence-corrected chi connectivity index (χ0v) is 16.7. The molecule has 4 rings (SSSR count). The van der Waals surface area contributed by atoms with Crippen LogP contribution in [0, 0.1) is 0 Å². The van der Waals surface area contributed by atoms with Crippen molar-refractivity contribution in [3.8, 4) is 11.5 Å². The molecule has 1 aliphatic heterocycles. The number of fused-ring (bicyclic) bond motifs is 1. The Hall–Kier alpha value is -2.67. The fourth-order valence-corrected chi connectivity index (χ4v) is 3.98. The molecule has 1 saturated heterocycles. The summed E-state index contributed by atoms with van der Waals surface area (Å²) in [5.74, 6) is 0.548. The lowest BCUT2D eigenvalue weighted by Gasteiger charge is -2.23. The van der Waals surface area contributed by atoms with Crippen LogP contribution in [0.2, 0.25) is 0 Å². The molecule has 0 radical (unpaired) electrons. The van der Waals surface area contributed by atoms with E-state index in [1.807, 2.05) is 30.7 Å². The molecule has 0 aromatic carbocycles. The average molecular weight is 381 g/mol. The molecule has 1 atom stereocenters. The maximum Gasteiger partial charge on any atom is 0.252 e. The van der Waals surface area contributed by atoms with Crippen molar-refractivity contribution >= 4 is 16.9 Å². The highest BCUT2D eigenvalue weighted by Crippen LogP contribution is 2.26. The summed E-state index contributed by atoms with van der Waals surface area (Å²) in [4.78, 5) is 20.2. The van der Waals surface area contributed by atoms with Gasteiger partial charge >= 0.3 is 0 Å². The molecule has 0 aliphatic carbocycles. The zero-order chi connectivity index (χ0) is 19.7. The van der Waals surface area contributed by atoms with Gasteiger partial charge in [0.15, 0.2) is 11.4 Å². The molecule has 1 fully saturated rings. The van der Waals surface area contributed by atoms with E-state index in [4.69, 9.17) is 9.40 Å². The highest BCUT2D eigenvalue weighted by molar-refractivity contribution is 6.06. The summed E-state index contributed by atoms with van der Waals surface area (Å²) < 4.78 is 7.36. The van der Waals surface area contributed by atoms with E-state index in [1.54, 1.807) is 18.5 Å². The van der Waals surface area contributed by atoms with Crippen LogP contribution < -0.4 is 5.32 Å². The Labute approximate surface area is 164 Å². The highest BCUT2D eigenvalue weighted by atomic mass is 16.3. The van der Waals surface area contributed by atoms with Crippen LogP contribution in [0.25, 0.3) is 22.5 Å². The number of carbonyl (C=O) groups is 1. The summed E-state index contributed by atoms with van der Waals surface area (Å²) in [7, 11) is 0. The number of hydrogen-bond acceptors (Lipinski definition) is 5. The monoisotopic (exact) mass is 381 g/mol. The molecular weight excluding hydrogens is 354 g/mol. The molecule has 28 heavy (non-hydrogen) atoms. The average Bonchev–Trinajstić information content (AvgIpc) is 3.44. The Balaban J connectivity index is 1.67. The van der Waals surface area contributed by atoms with Gasteiger partial charge in [0.1, 0.15) is 5.69 Å². The molecule has 1 unspecified atom stereocenters. The molecule has 3 aromatic heterocycles. The summed E-state index contributed by atoms with van der Waals surface area (Å²) >= 11 is 0. The van der Waals surface area contributed by atoms with E-state index in [0.29, 0.717) is 35.3 Å². The van der Waals surface area contributed by atoms with Crippen molar-refractivity contribution in [1.29, 1.82) is 0 Å². The van der Waals surface area contributed by atoms with Gasteiger partial charge in [0.2, 0.25) is 0 Å². The summed E-state index contributed by atoms with van der Waals surface area (Å²) in [6, 6.07) is 6.03. The van der Waals surface area contributed by atoms with Gasteiger partial charge in [-0.2, -0.15) is 5.10 Å². The van der Waals surface area contributed by atoms with E-state index < -0.39 is 0 Å². The van der Waals surface area contributed by atoms with Crippen LogP contribution in [0.4, 0.5) is 0 Å². The molecule has 0 spiro atoms. The maximum absolute atomic E-state index is 13.1. The third-order valence-electron chi connectivity index (χ3n) is 5.48. The van der Waals surface area contributed by atoms with Crippen molar-refractivity contribution in [3.05, 3.63) is 36.2 Å². The second-order valence-corrected chi connectivity index (χ2v) is 7.59. The molecule has 7 heteroatoms. The summed E-state index contributed by atoms with van der Waals surface area (Å²) in [5.41, 5.74) is 1.93. The van der Waals surface area contributed by atoms with Crippen molar-refractivity contribution in [2.75, 3.05) is 19.6 Å². The first-order chi connectivity index (χ1) is 13.6. The number of furan rings is 1. The lowest BCUT2D eigenvalue weighted by molar-refractivity contribution is 0.0943. The number of likely N-dealkylation sites (tertiary alicyclic amines) is 1. The molecule has 0 bridgehead atoms. The predicted octanol–water partition coefficient (Wildman–Crippen LogP) is 3.49. The fourth-order valence-electron chi connectivity index (χ4n) is 3.98. The van der Waals surface area contributed by atoms with Gasteiger partial charge in [-0.05, 0) is 58.0 Å². The summed E-state index contributed by atoms with van der Waals surface area (Å²) in [6.07, 6.45) is 5.66. The van der Waals surface area contributed by atoms with Crippen molar-refractivity contribution < 1.29 is 9.21 Å². The van der Waals surface area contributed by atoms with Crippen LogP contribution >= 0.6 is 0 Å². The van der Waals surface area contributed by atoms with Gasteiger partial charge in [0, 0.05) is 18.6 Å². The Morgan fingerprint density at radius 3 is 3.00 bits per heavy atom. The van der Waals surface area contributed by atoms with Crippen LogP contribution in [0.3, 0.4) is 0 Å². The zero-order valence-electron chi connectivity index (χ0n) is 16.7. The minimum Gasteiger partial charge on any atom is -0.463 e. The highest BCUT2D eigenvalue weighted by Gasteiger charge is 2.24. The maximum atomic E-state index is 13.1. The van der Waals surface area contributed by atoms with Gasteiger partial charge in [-0.25, -0.2) is 9.67 Å². The van der Waals surface area contributed by atoms with Crippen molar-refractivity contribution in [2.24, 2.45) is 0 Å². The van der Waals surface area contributed by atoms with Gasteiger partial charge < -0.3 is 9.73 Å². The van der Waals surface area contributed by atoms with Crippen LogP contribution in [0.5, 0.6) is 0 Å². The van der Waals surface area contributed by atoms with Crippen LogP contribution in [0.15, 0.2) is 35.1 Å². The number of likely N-dealkylation sites (N-methyl/N-ethyl adjacent to an activating group) is 1. The van der Waals surface area contributed by atoms with Gasteiger partial charge in [-0.1, -0.05) is 6.92 Å². The Morgan fingerprint density at radius 2 is 2.29 bits per heavy atom. The van der Waals surface area contributed by atoms with Crippen molar-refractivity contribution in [2.45, 2.75) is 45.7 Å². The van der Waals surface area contributed by atoms with E-state index >= 15 is 0 Å². The van der Waals surface area contributed by atoms with E-state index in [1.165, 1.54) is 6.42 Å². The number of nitrogens with one attached hydrogen (secondary N) is 1. The first kappa shape index (κ1) is 18.7. The van der Waals surface area contributed by atoms with Crippen LogP contribution in [-0.2, 0) is 0 Å². The SMILES string of the molecule is CCN1CCCC1CNC(=O)c1cc(-c2ccco2)nc2c1cnn2C(C)C. The van der Waals surface area contributed by atoms with Gasteiger partial charge in [-0.3, -0.25) is 9.69 Å². The minimum atomic E-state index is -0.0912. The van der Waals surface area contributed by atoms with Crippen LogP contribution in [-0.4, -0.2) is 51.2 Å². The molecule has 7 nitrogen and oxygen atoms in total. The number of carbonyl (C=O) groups excluding carboxylic acids is 1. The van der Waals surface area contributed by atoms with Gasteiger partial charge in [0.05, 0.1) is 23.4 Å². The van der Waals surface area contributed by atoms with E-state index in [9.17, 15) is 4.79 Å². The largest absolute Gasteiger partial charge is 0.463 e. The molecule has 0 saturated carbocycles. The topological polar surface area (TPSA) is 76.2 Å². The lowest BCUT2D eigenvalue weighted by atomic mass is 10.1. The third kappa shape index (κ3) is 3.42. The molecule has 3 aromatic rings. The van der Waals surface area contributed by atoms with Gasteiger partial charge in [-0.15, -0.1) is 0 Å². The van der Waals surface area contributed by atoms with Crippen molar-refractivity contribution in [3.63, 3.8) is 0 Å². The molecular formula is C21H27N5O2. The first-order valence-electron chi connectivity index (χ1n) is 10.0. The number of pyridine rings is 1. The molecule has 1 aliphatic rings. The Kier molecular flexibility index (Phi) is 5.17.